The molecule has 1 rings (SSSR count). The second-order valence-corrected chi connectivity index (χ2v) is 1.93. The molecule has 0 amide bonds. The average molecular weight is 148 g/mol. The lowest BCUT2D eigenvalue weighted by Gasteiger charge is -1.90. The lowest BCUT2D eigenvalue weighted by molar-refractivity contribution is 0.350. The van der Waals surface area contributed by atoms with Crippen LogP contribution in [0.2, 0.25) is 0 Å². The maximum atomic E-state index is 8.38. The summed E-state index contributed by atoms with van der Waals surface area (Å²) in [7, 11) is 0. The van der Waals surface area contributed by atoms with Gasteiger partial charge in [0.15, 0.2) is 0 Å². The fourth-order valence-corrected chi connectivity index (χ4v) is 0.668. The van der Waals surface area contributed by atoms with E-state index in [1.807, 2.05) is 0 Å². The second kappa shape index (κ2) is 3.59. The number of aliphatic hydroxyl groups excluding tert-OH is 1. The Labute approximate surface area is 64.9 Å². The Morgan fingerprint density at radius 2 is 2.45 bits per heavy atom. The molecule has 0 saturated carbocycles. The molecule has 3 heteroatoms. The molecule has 0 aliphatic heterocycles. The lowest BCUT2D eigenvalue weighted by atomic mass is 10.2. The van der Waals surface area contributed by atoms with Crippen LogP contribution in [-0.2, 0) is 0 Å². The number of nitrogen functional groups attached to an aromatic ring is 1. The molecule has 0 atom stereocenters. The van der Waals surface area contributed by atoms with E-state index in [0.29, 0.717) is 5.82 Å². The van der Waals surface area contributed by atoms with E-state index in [2.05, 4.69) is 16.8 Å². The van der Waals surface area contributed by atoms with Gasteiger partial charge in [0.2, 0.25) is 0 Å². The SMILES string of the molecule is Nc1cc(C#CCO)ccn1. The standard InChI is InChI=1S/C8H8N2O/c9-8-6-7(2-1-5-11)3-4-10-8/h3-4,6,11H,5H2,(H2,9,10). The summed E-state index contributed by atoms with van der Waals surface area (Å²) in [5.74, 6) is 5.67. The molecule has 0 fully saturated rings. The monoisotopic (exact) mass is 148 g/mol. The Morgan fingerprint density at radius 3 is 3.09 bits per heavy atom. The zero-order valence-corrected chi connectivity index (χ0v) is 5.91. The minimum atomic E-state index is -0.137. The van der Waals surface area contributed by atoms with Crippen molar-refractivity contribution in [1.82, 2.24) is 4.98 Å². The molecule has 0 radical (unpaired) electrons. The minimum Gasteiger partial charge on any atom is -0.384 e. The minimum absolute atomic E-state index is 0.137. The number of aliphatic hydroxyl groups is 1. The van der Waals surface area contributed by atoms with E-state index in [1.54, 1.807) is 18.3 Å². The largest absolute Gasteiger partial charge is 0.384 e. The smallest absolute Gasteiger partial charge is 0.124 e. The maximum absolute atomic E-state index is 8.38. The van der Waals surface area contributed by atoms with Crippen molar-refractivity contribution in [3.05, 3.63) is 23.9 Å². The van der Waals surface area contributed by atoms with Gasteiger partial charge in [-0.1, -0.05) is 11.8 Å². The molecule has 0 aliphatic carbocycles. The molecule has 0 bridgehead atoms. The van der Waals surface area contributed by atoms with Crippen LogP contribution in [0.3, 0.4) is 0 Å². The highest BCUT2D eigenvalue weighted by atomic mass is 16.2. The number of hydrogen-bond donors (Lipinski definition) is 2. The van der Waals surface area contributed by atoms with Crippen LogP contribution < -0.4 is 5.73 Å². The first-order chi connectivity index (χ1) is 5.33. The number of anilines is 1. The van der Waals surface area contributed by atoms with Crippen LogP contribution in [0.4, 0.5) is 5.82 Å². The van der Waals surface area contributed by atoms with Crippen molar-refractivity contribution in [2.45, 2.75) is 0 Å². The fraction of sp³-hybridized carbons (Fsp3) is 0.125. The third kappa shape index (κ3) is 2.28. The van der Waals surface area contributed by atoms with Gasteiger partial charge < -0.3 is 10.8 Å². The van der Waals surface area contributed by atoms with E-state index in [4.69, 9.17) is 10.8 Å². The molecular weight excluding hydrogens is 140 g/mol. The Bertz CT molecular complexity index is 298. The molecule has 56 valence electrons. The Morgan fingerprint density at radius 1 is 1.64 bits per heavy atom. The molecule has 3 nitrogen and oxygen atoms in total. The number of aromatic nitrogens is 1. The summed E-state index contributed by atoms with van der Waals surface area (Å²) in [6, 6.07) is 3.39. The predicted molar refractivity (Wildman–Crippen MR) is 42.6 cm³/mol. The third-order valence-corrected chi connectivity index (χ3v) is 1.09. The van der Waals surface area contributed by atoms with Crippen LogP contribution in [0.1, 0.15) is 5.56 Å². The van der Waals surface area contributed by atoms with Crippen LogP contribution >= 0.6 is 0 Å². The van der Waals surface area contributed by atoms with Gasteiger partial charge in [-0.25, -0.2) is 4.98 Å². The molecule has 1 heterocycles. The van der Waals surface area contributed by atoms with Crippen molar-refractivity contribution in [3.63, 3.8) is 0 Å². The van der Waals surface area contributed by atoms with Crippen molar-refractivity contribution >= 4 is 5.82 Å². The molecule has 1 aromatic heterocycles. The highest BCUT2D eigenvalue weighted by Gasteiger charge is 1.86. The molecular formula is C8H8N2O. The van der Waals surface area contributed by atoms with Gasteiger partial charge in [0.1, 0.15) is 12.4 Å². The van der Waals surface area contributed by atoms with E-state index in [9.17, 15) is 0 Å². The van der Waals surface area contributed by atoms with Gasteiger partial charge in [-0.15, -0.1) is 0 Å². The van der Waals surface area contributed by atoms with E-state index in [1.165, 1.54) is 0 Å². The van der Waals surface area contributed by atoms with Crippen molar-refractivity contribution in [2.75, 3.05) is 12.3 Å². The van der Waals surface area contributed by atoms with Gasteiger partial charge in [-0.2, -0.15) is 0 Å². The van der Waals surface area contributed by atoms with E-state index < -0.39 is 0 Å². The highest BCUT2D eigenvalue weighted by molar-refractivity contribution is 5.41. The zero-order chi connectivity index (χ0) is 8.10. The van der Waals surface area contributed by atoms with Crippen LogP contribution in [-0.4, -0.2) is 16.7 Å². The van der Waals surface area contributed by atoms with Crippen LogP contribution in [0.25, 0.3) is 0 Å². The van der Waals surface area contributed by atoms with E-state index >= 15 is 0 Å². The summed E-state index contributed by atoms with van der Waals surface area (Å²) >= 11 is 0. The van der Waals surface area contributed by atoms with E-state index in [0.717, 1.165) is 5.56 Å². The molecule has 0 saturated heterocycles. The van der Waals surface area contributed by atoms with Gasteiger partial charge in [-0.3, -0.25) is 0 Å². The molecule has 1 aromatic rings. The Hall–Kier alpha value is -1.53. The van der Waals surface area contributed by atoms with Crippen molar-refractivity contribution in [3.8, 4) is 11.8 Å². The summed E-state index contributed by atoms with van der Waals surface area (Å²) in [6.45, 7) is -0.137. The van der Waals surface area contributed by atoms with Gasteiger partial charge in [0.25, 0.3) is 0 Å². The molecule has 0 aromatic carbocycles. The molecule has 3 N–H and O–H groups in total. The van der Waals surface area contributed by atoms with Gasteiger partial charge in [0, 0.05) is 11.8 Å². The third-order valence-electron chi connectivity index (χ3n) is 1.09. The van der Waals surface area contributed by atoms with Crippen molar-refractivity contribution in [2.24, 2.45) is 0 Å². The zero-order valence-electron chi connectivity index (χ0n) is 5.91. The lowest BCUT2D eigenvalue weighted by Crippen LogP contribution is -1.89. The van der Waals surface area contributed by atoms with Crippen LogP contribution in [0, 0.1) is 11.8 Å². The summed E-state index contributed by atoms with van der Waals surface area (Å²) in [6.07, 6.45) is 1.58. The highest BCUT2D eigenvalue weighted by Crippen LogP contribution is 1.99. The maximum Gasteiger partial charge on any atom is 0.124 e. The number of nitrogens with zero attached hydrogens (tertiary/aromatic N) is 1. The first-order valence-electron chi connectivity index (χ1n) is 3.14. The van der Waals surface area contributed by atoms with Gasteiger partial charge in [-0.05, 0) is 12.1 Å². The number of nitrogens with two attached hydrogens (primary N) is 1. The molecule has 11 heavy (non-hydrogen) atoms. The summed E-state index contributed by atoms with van der Waals surface area (Å²) in [5, 5.41) is 8.38. The van der Waals surface area contributed by atoms with Gasteiger partial charge in [0.05, 0.1) is 0 Å². The average Bonchev–Trinajstić information content (AvgIpc) is 2.01. The summed E-state index contributed by atoms with van der Waals surface area (Å²) in [5.41, 5.74) is 6.16. The van der Waals surface area contributed by atoms with Crippen LogP contribution in [0.5, 0.6) is 0 Å². The second-order valence-electron chi connectivity index (χ2n) is 1.93. The fourth-order valence-electron chi connectivity index (χ4n) is 0.668. The predicted octanol–water partition coefficient (Wildman–Crippen LogP) is 0.00760. The van der Waals surface area contributed by atoms with E-state index in [-0.39, 0.29) is 6.61 Å². The normalized spacial score (nSPS) is 8.45. The quantitative estimate of drug-likeness (QED) is 0.509. The summed E-state index contributed by atoms with van der Waals surface area (Å²) in [4.78, 5) is 3.80. The number of rotatable bonds is 0. The molecule has 0 aliphatic rings. The first kappa shape index (κ1) is 7.58. The van der Waals surface area contributed by atoms with Crippen molar-refractivity contribution in [1.29, 1.82) is 0 Å². The Balaban J connectivity index is 2.87. The Kier molecular flexibility index (Phi) is 2.47. The number of pyridine rings is 1. The van der Waals surface area contributed by atoms with Crippen molar-refractivity contribution < 1.29 is 5.11 Å². The summed E-state index contributed by atoms with van der Waals surface area (Å²) < 4.78 is 0. The number of hydrogen-bond acceptors (Lipinski definition) is 3. The van der Waals surface area contributed by atoms with Crippen LogP contribution in [0.15, 0.2) is 18.3 Å². The molecule has 0 unspecified atom stereocenters. The molecule has 0 spiro atoms. The van der Waals surface area contributed by atoms with Gasteiger partial charge >= 0.3 is 0 Å². The topological polar surface area (TPSA) is 59.1 Å². The first-order valence-corrected chi connectivity index (χ1v) is 3.14.